The number of hydrogen-bond donors (Lipinski definition) is 1. The standard InChI is InChI=1S/C27H41N.ClH/c1-26(2)17-25(18-27(3,4)20-26)23-15-13-21(14-16-23)9-8-12-24(19-28)22-10-6-5-7-11-22;/h13-16,22,24-25H,5-7,10-12,17-20,28H2,1-4H3;1H. The molecule has 3 rings (SSSR count). The van der Waals surface area contributed by atoms with Crippen LogP contribution < -0.4 is 5.73 Å². The van der Waals surface area contributed by atoms with Crippen LogP contribution in [-0.2, 0) is 0 Å². The van der Waals surface area contributed by atoms with Crippen LogP contribution in [0.3, 0.4) is 0 Å². The molecule has 0 aliphatic heterocycles. The van der Waals surface area contributed by atoms with E-state index in [-0.39, 0.29) is 12.4 Å². The molecule has 0 aromatic heterocycles. The summed E-state index contributed by atoms with van der Waals surface area (Å²) in [6.45, 7) is 10.5. The highest BCUT2D eigenvalue weighted by Gasteiger charge is 2.38. The maximum atomic E-state index is 6.06. The molecule has 0 spiro atoms. The van der Waals surface area contributed by atoms with E-state index in [0.717, 1.165) is 24.4 Å². The van der Waals surface area contributed by atoms with E-state index in [0.29, 0.717) is 22.7 Å². The Kier molecular flexibility index (Phi) is 8.69. The Morgan fingerprint density at radius 1 is 0.966 bits per heavy atom. The van der Waals surface area contributed by atoms with E-state index in [1.165, 1.54) is 56.9 Å². The predicted molar refractivity (Wildman–Crippen MR) is 128 cm³/mol. The van der Waals surface area contributed by atoms with E-state index in [1.807, 2.05) is 0 Å². The second kappa shape index (κ2) is 10.4. The second-order valence-electron chi connectivity index (χ2n) is 11.1. The highest BCUT2D eigenvalue weighted by molar-refractivity contribution is 5.85. The molecule has 0 heterocycles. The predicted octanol–water partition coefficient (Wildman–Crippen LogP) is 7.33. The molecule has 2 saturated carbocycles. The van der Waals surface area contributed by atoms with Gasteiger partial charge in [-0.3, -0.25) is 0 Å². The maximum Gasteiger partial charge on any atom is 0.0245 e. The Hall–Kier alpha value is -0.970. The summed E-state index contributed by atoms with van der Waals surface area (Å²) in [7, 11) is 0. The van der Waals surface area contributed by atoms with E-state index in [1.54, 1.807) is 0 Å². The molecule has 2 aliphatic rings. The zero-order valence-corrected chi connectivity index (χ0v) is 19.9. The van der Waals surface area contributed by atoms with Crippen molar-refractivity contribution in [1.82, 2.24) is 0 Å². The Balaban J connectivity index is 0.00000300. The first-order chi connectivity index (χ1) is 13.3. The van der Waals surface area contributed by atoms with E-state index >= 15 is 0 Å². The summed E-state index contributed by atoms with van der Waals surface area (Å²) < 4.78 is 0. The molecule has 162 valence electrons. The highest BCUT2D eigenvalue weighted by Crippen LogP contribution is 2.51. The molecular formula is C27H42ClN. The van der Waals surface area contributed by atoms with Gasteiger partial charge in [0.1, 0.15) is 0 Å². The average Bonchev–Trinajstić information content (AvgIpc) is 2.64. The first-order valence-electron chi connectivity index (χ1n) is 11.6. The number of nitrogens with two attached hydrogens (primary N) is 1. The van der Waals surface area contributed by atoms with Gasteiger partial charge in [0, 0.05) is 12.0 Å². The van der Waals surface area contributed by atoms with Gasteiger partial charge in [0.15, 0.2) is 0 Å². The van der Waals surface area contributed by atoms with E-state index in [2.05, 4.69) is 63.8 Å². The van der Waals surface area contributed by atoms with Crippen molar-refractivity contribution in [2.24, 2.45) is 28.4 Å². The lowest BCUT2D eigenvalue weighted by molar-refractivity contribution is 0.0969. The molecule has 1 atom stereocenters. The van der Waals surface area contributed by atoms with Gasteiger partial charge in [0.25, 0.3) is 0 Å². The molecule has 0 saturated heterocycles. The van der Waals surface area contributed by atoms with Crippen molar-refractivity contribution < 1.29 is 0 Å². The number of benzene rings is 1. The van der Waals surface area contributed by atoms with Crippen molar-refractivity contribution in [1.29, 1.82) is 0 Å². The molecule has 1 aromatic carbocycles. The zero-order valence-electron chi connectivity index (χ0n) is 19.1. The Bertz CT molecular complexity index is 669. The van der Waals surface area contributed by atoms with Crippen LogP contribution in [0.5, 0.6) is 0 Å². The number of halogens is 1. The van der Waals surface area contributed by atoms with E-state index < -0.39 is 0 Å². The monoisotopic (exact) mass is 415 g/mol. The van der Waals surface area contributed by atoms with Gasteiger partial charge in [-0.25, -0.2) is 0 Å². The van der Waals surface area contributed by atoms with Crippen LogP contribution in [-0.4, -0.2) is 6.54 Å². The van der Waals surface area contributed by atoms with Crippen LogP contribution in [0.25, 0.3) is 0 Å². The molecule has 2 heteroatoms. The van der Waals surface area contributed by atoms with Crippen LogP contribution in [0, 0.1) is 34.5 Å². The van der Waals surface area contributed by atoms with Crippen LogP contribution in [0.2, 0.25) is 0 Å². The molecule has 29 heavy (non-hydrogen) atoms. The summed E-state index contributed by atoms with van der Waals surface area (Å²) in [5, 5.41) is 0. The third kappa shape index (κ3) is 7.04. The Labute approximate surface area is 186 Å². The minimum Gasteiger partial charge on any atom is -0.330 e. The first-order valence-corrected chi connectivity index (χ1v) is 11.6. The van der Waals surface area contributed by atoms with Gasteiger partial charge in [0.05, 0.1) is 0 Å². The normalized spacial score (nSPS) is 22.8. The van der Waals surface area contributed by atoms with Gasteiger partial charge in [-0.1, -0.05) is 83.8 Å². The minimum atomic E-state index is 0. The molecule has 2 aliphatic carbocycles. The fraction of sp³-hybridized carbons (Fsp3) is 0.704. The first kappa shape index (κ1) is 24.3. The molecule has 1 unspecified atom stereocenters. The molecule has 0 bridgehead atoms. The fourth-order valence-electron chi connectivity index (χ4n) is 6.25. The van der Waals surface area contributed by atoms with E-state index in [4.69, 9.17) is 5.73 Å². The summed E-state index contributed by atoms with van der Waals surface area (Å²) >= 11 is 0. The van der Waals surface area contributed by atoms with Crippen LogP contribution in [0.1, 0.15) is 103 Å². The molecule has 0 radical (unpaired) electrons. The van der Waals surface area contributed by atoms with Crippen molar-refractivity contribution in [3.8, 4) is 11.8 Å². The third-order valence-electron chi connectivity index (χ3n) is 7.15. The van der Waals surface area contributed by atoms with Crippen LogP contribution in [0.15, 0.2) is 24.3 Å². The fourth-order valence-corrected chi connectivity index (χ4v) is 6.25. The van der Waals surface area contributed by atoms with E-state index in [9.17, 15) is 0 Å². The topological polar surface area (TPSA) is 26.0 Å². The minimum absolute atomic E-state index is 0. The summed E-state index contributed by atoms with van der Waals surface area (Å²) in [4.78, 5) is 0. The number of rotatable bonds is 4. The van der Waals surface area contributed by atoms with Gasteiger partial charge in [-0.05, 0) is 72.1 Å². The lowest BCUT2D eigenvalue weighted by atomic mass is 9.60. The van der Waals surface area contributed by atoms with Crippen molar-refractivity contribution >= 4 is 12.4 Å². The van der Waals surface area contributed by atoms with Gasteiger partial charge < -0.3 is 5.73 Å². The summed E-state index contributed by atoms with van der Waals surface area (Å²) in [6.07, 6.45) is 11.7. The SMILES string of the molecule is CC1(C)CC(c2ccc(C#CCC(CN)C3CCCCC3)cc2)CC(C)(C)C1.Cl. The van der Waals surface area contributed by atoms with Crippen molar-refractivity contribution in [2.45, 2.75) is 91.4 Å². The zero-order chi connectivity index (χ0) is 20.2. The van der Waals surface area contributed by atoms with Gasteiger partial charge in [-0.2, -0.15) is 0 Å². The van der Waals surface area contributed by atoms with Gasteiger partial charge >= 0.3 is 0 Å². The molecule has 1 nitrogen and oxygen atoms in total. The average molecular weight is 416 g/mol. The smallest absolute Gasteiger partial charge is 0.0245 e. The summed E-state index contributed by atoms with van der Waals surface area (Å²) in [5.74, 6) is 8.91. The second-order valence-corrected chi connectivity index (χ2v) is 11.1. The molecular weight excluding hydrogens is 374 g/mol. The molecule has 2 N–H and O–H groups in total. The summed E-state index contributed by atoms with van der Waals surface area (Å²) in [6, 6.07) is 9.12. The third-order valence-corrected chi connectivity index (χ3v) is 7.15. The largest absolute Gasteiger partial charge is 0.330 e. The van der Waals surface area contributed by atoms with Crippen LogP contribution >= 0.6 is 12.4 Å². The molecule has 1 aromatic rings. The molecule has 0 amide bonds. The summed E-state index contributed by atoms with van der Waals surface area (Å²) in [5.41, 5.74) is 9.57. The Morgan fingerprint density at radius 3 is 2.10 bits per heavy atom. The lowest BCUT2D eigenvalue weighted by Gasteiger charge is -2.45. The van der Waals surface area contributed by atoms with Crippen molar-refractivity contribution in [3.63, 3.8) is 0 Å². The number of hydrogen-bond acceptors (Lipinski definition) is 1. The molecule has 2 fully saturated rings. The lowest BCUT2D eigenvalue weighted by Crippen LogP contribution is -2.32. The van der Waals surface area contributed by atoms with Gasteiger partial charge in [0.2, 0.25) is 0 Å². The highest BCUT2D eigenvalue weighted by atomic mass is 35.5. The quantitative estimate of drug-likeness (QED) is 0.512. The van der Waals surface area contributed by atoms with Crippen molar-refractivity contribution in [2.75, 3.05) is 6.54 Å². The van der Waals surface area contributed by atoms with Gasteiger partial charge in [-0.15, -0.1) is 12.4 Å². The van der Waals surface area contributed by atoms with Crippen molar-refractivity contribution in [3.05, 3.63) is 35.4 Å². The Morgan fingerprint density at radius 2 is 1.55 bits per heavy atom. The van der Waals surface area contributed by atoms with Crippen LogP contribution in [0.4, 0.5) is 0 Å². The maximum absolute atomic E-state index is 6.06.